The Labute approximate surface area is 141 Å². The average molecular weight is 341 g/mol. The minimum Gasteiger partial charge on any atom is -0.395 e. The lowest BCUT2D eigenvalue weighted by molar-refractivity contribution is -0.120. The van der Waals surface area contributed by atoms with E-state index < -0.39 is 11.6 Å². The molecule has 1 saturated heterocycles. The van der Waals surface area contributed by atoms with Gasteiger partial charge in [0.2, 0.25) is 5.91 Å². The molecule has 7 heteroatoms. The van der Waals surface area contributed by atoms with E-state index in [-0.39, 0.29) is 25.6 Å². The Balaban J connectivity index is 1.60. The van der Waals surface area contributed by atoms with Crippen LogP contribution in [-0.2, 0) is 11.3 Å². The Morgan fingerprint density at radius 2 is 1.88 bits per heavy atom. The predicted octanol–water partition coefficient (Wildman–Crippen LogP) is 0.875. The first-order valence-corrected chi connectivity index (χ1v) is 8.32. The number of amides is 1. The minimum atomic E-state index is -0.648. The Hall–Kier alpha value is -1.57. The van der Waals surface area contributed by atoms with E-state index in [1.165, 1.54) is 12.1 Å². The van der Waals surface area contributed by atoms with Gasteiger partial charge in [-0.3, -0.25) is 4.79 Å². The smallest absolute Gasteiger partial charge is 0.234 e. The van der Waals surface area contributed by atoms with Gasteiger partial charge in [-0.15, -0.1) is 0 Å². The summed E-state index contributed by atoms with van der Waals surface area (Å²) in [7, 11) is 0. The quantitative estimate of drug-likeness (QED) is 0.657. The molecule has 1 amide bonds. The number of likely N-dealkylation sites (tertiary alicyclic amines) is 1. The number of aliphatic hydroxyl groups excluding tert-OH is 1. The summed E-state index contributed by atoms with van der Waals surface area (Å²) >= 11 is 0. The molecular weight excluding hydrogens is 316 g/mol. The lowest BCUT2D eigenvalue weighted by Gasteiger charge is -2.31. The molecule has 3 N–H and O–H groups in total. The highest BCUT2D eigenvalue weighted by molar-refractivity contribution is 5.77. The van der Waals surface area contributed by atoms with Crippen molar-refractivity contribution in [3.8, 4) is 0 Å². The third kappa shape index (κ3) is 6.51. The molecule has 134 valence electrons. The second kappa shape index (κ2) is 9.66. The van der Waals surface area contributed by atoms with Crippen molar-refractivity contribution in [2.45, 2.75) is 19.4 Å². The lowest BCUT2D eigenvalue weighted by atomic mass is 9.97. The van der Waals surface area contributed by atoms with Crippen LogP contribution in [0.3, 0.4) is 0 Å². The number of rotatable bonds is 8. The number of carbonyl (C=O) groups is 1. The Bertz CT molecular complexity index is 514. The summed E-state index contributed by atoms with van der Waals surface area (Å²) in [4.78, 5) is 14.0. The number of hydrogen-bond donors (Lipinski definition) is 3. The number of halogens is 2. The second-order valence-corrected chi connectivity index (χ2v) is 6.19. The van der Waals surface area contributed by atoms with E-state index in [1.54, 1.807) is 0 Å². The fourth-order valence-corrected chi connectivity index (χ4v) is 2.92. The summed E-state index contributed by atoms with van der Waals surface area (Å²) in [5.74, 6) is -0.961. The molecule has 0 unspecified atom stereocenters. The van der Waals surface area contributed by atoms with E-state index in [9.17, 15) is 13.6 Å². The molecule has 0 aliphatic carbocycles. The molecule has 0 atom stereocenters. The van der Waals surface area contributed by atoms with E-state index in [0.717, 1.165) is 45.1 Å². The first kappa shape index (κ1) is 18.8. The van der Waals surface area contributed by atoms with Crippen LogP contribution in [0.5, 0.6) is 0 Å². The van der Waals surface area contributed by atoms with Crippen molar-refractivity contribution in [3.63, 3.8) is 0 Å². The molecule has 0 aromatic heterocycles. The first-order valence-electron chi connectivity index (χ1n) is 8.32. The maximum atomic E-state index is 13.1. The van der Waals surface area contributed by atoms with Gasteiger partial charge in [-0.25, -0.2) is 8.78 Å². The molecule has 0 spiro atoms. The van der Waals surface area contributed by atoms with Crippen molar-refractivity contribution >= 4 is 5.91 Å². The van der Waals surface area contributed by atoms with E-state index in [2.05, 4.69) is 15.5 Å². The van der Waals surface area contributed by atoms with Crippen LogP contribution in [0.15, 0.2) is 18.2 Å². The molecule has 1 aliphatic rings. The van der Waals surface area contributed by atoms with Gasteiger partial charge in [0, 0.05) is 19.2 Å². The van der Waals surface area contributed by atoms with Crippen LogP contribution in [-0.4, -0.2) is 55.2 Å². The van der Waals surface area contributed by atoms with Gasteiger partial charge < -0.3 is 20.6 Å². The van der Waals surface area contributed by atoms with Gasteiger partial charge >= 0.3 is 0 Å². The summed E-state index contributed by atoms with van der Waals surface area (Å²) in [6, 6.07) is 3.21. The molecule has 24 heavy (non-hydrogen) atoms. The zero-order valence-electron chi connectivity index (χ0n) is 13.7. The monoisotopic (exact) mass is 341 g/mol. The van der Waals surface area contributed by atoms with E-state index in [1.807, 2.05) is 0 Å². The highest BCUT2D eigenvalue weighted by Crippen LogP contribution is 2.15. The van der Waals surface area contributed by atoms with Gasteiger partial charge in [0.25, 0.3) is 0 Å². The number of hydrogen-bond acceptors (Lipinski definition) is 4. The minimum absolute atomic E-state index is 0.106. The molecule has 1 aromatic rings. The number of piperidine rings is 1. The van der Waals surface area contributed by atoms with Crippen molar-refractivity contribution in [3.05, 3.63) is 35.4 Å². The summed E-state index contributed by atoms with van der Waals surface area (Å²) in [6.45, 7) is 3.94. The Morgan fingerprint density at radius 3 is 2.50 bits per heavy atom. The van der Waals surface area contributed by atoms with Crippen molar-refractivity contribution in [1.29, 1.82) is 0 Å². The van der Waals surface area contributed by atoms with Crippen LogP contribution in [0, 0.1) is 17.6 Å². The highest BCUT2D eigenvalue weighted by Gasteiger charge is 2.18. The van der Waals surface area contributed by atoms with Crippen LogP contribution >= 0.6 is 0 Å². The van der Waals surface area contributed by atoms with Gasteiger partial charge in [0.05, 0.1) is 13.2 Å². The number of β-amino-alcohol motifs (C(OH)–C–C–N with tert-alkyl or cyclic N) is 1. The Morgan fingerprint density at radius 1 is 1.21 bits per heavy atom. The average Bonchev–Trinajstić information content (AvgIpc) is 2.54. The fraction of sp³-hybridized carbons (Fsp3) is 0.588. The summed E-state index contributed by atoms with van der Waals surface area (Å²) in [6.07, 6.45) is 2.11. The van der Waals surface area contributed by atoms with Crippen LogP contribution in [0.25, 0.3) is 0 Å². The number of aliphatic hydroxyl groups is 1. The summed E-state index contributed by atoms with van der Waals surface area (Å²) in [5, 5.41) is 14.7. The molecule has 1 heterocycles. The largest absolute Gasteiger partial charge is 0.395 e. The van der Waals surface area contributed by atoms with E-state index in [4.69, 9.17) is 5.11 Å². The zero-order valence-corrected chi connectivity index (χ0v) is 13.7. The summed E-state index contributed by atoms with van der Waals surface area (Å²) < 4.78 is 26.1. The molecule has 1 aromatic carbocycles. The summed E-state index contributed by atoms with van der Waals surface area (Å²) in [5.41, 5.74) is 0.400. The number of carbonyl (C=O) groups excluding carboxylic acids is 1. The highest BCUT2D eigenvalue weighted by atomic mass is 19.1. The van der Waals surface area contributed by atoms with Gasteiger partial charge in [-0.1, -0.05) is 0 Å². The van der Waals surface area contributed by atoms with Gasteiger partial charge in [0.1, 0.15) is 11.6 Å². The molecule has 5 nitrogen and oxygen atoms in total. The molecule has 0 bridgehead atoms. The molecule has 0 saturated carbocycles. The molecule has 1 fully saturated rings. The maximum Gasteiger partial charge on any atom is 0.234 e. The second-order valence-electron chi connectivity index (χ2n) is 6.19. The predicted molar refractivity (Wildman–Crippen MR) is 87.3 cm³/mol. The van der Waals surface area contributed by atoms with Crippen molar-refractivity contribution < 1.29 is 18.7 Å². The van der Waals surface area contributed by atoms with Gasteiger partial charge in [0.15, 0.2) is 0 Å². The van der Waals surface area contributed by atoms with Crippen molar-refractivity contribution in [2.75, 3.05) is 39.3 Å². The van der Waals surface area contributed by atoms with Crippen LogP contribution in [0.4, 0.5) is 8.78 Å². The molecule has 0 radical (unpaired) electrons. The van der Waals surface area contributed by atoms with Gasteiger partial charge in [-0.05, 0) is 56.1 Å². The normalized spacial score (nSPS) is 16.3. The lowest BCUT2D eigenvalue weighted by Crippen LogP contribution is -2.40. The third-order valence-corrected chi connectivity index (χ3v) is 4.25. The topological polar surface area (TPSA) is 64.6 Å². The Kier molecular flexibility index (Phi) is 7.55. The molecular formula is C17H25F2N3O2. The van der Waals surface area contributed by atoms with Crippen LogP contribution in [0.2, 0.25) is 0 Å². The molecule has 2 rings (SSSR count). The number of nitrogens with zero attached hydrogens (tertiary/aromatic N) is 1. The standard InChI is InChI=1S/C17H25F2N3O2/c18-15-7-14(8-16(19)9-15)11-21-17(24)12-20-10-13-1-3-22(4-2-13)5-6-23/h7-9,13,20,23H,1-6,10-12H2,(H,21,24). The number of benzene rings is 1. The number of nitrogens with one attached hydrogen (secondary N) is 2. The third-order valence-electron chi connectivity index (χ3n) is 4.25. The van der Waals surface area contributed by atoms with E-state index in [0.29, 0.717) is 11.5 Å². The zero-order chi connectivity index (χ0) is 17.4. The van der Waals surface area contributed by atoms with E-state index >= 15 is 0 Å². The van der Waals surface area contributed by atoms with Crippen LogP contribution < -0.4 is 10.6 Å². The fourth-order valence-electron chi connectivity index (χ4n) is 2.92. The van der Waals surface area contributed by atoms with Crippen molar-refractivity contribution in [2.24, 2.45) is 5.92 Å². The first-order chi connectivity index (χ1) is 11.6. The van der Waals surface area contributed by atoms with Gasteiger partial charge in [-0.2, -0.15) is 0 Å². The maximum absolute atomic E-state index is 13.1. The van der Waals surface area contributed by atoms with Crippen LogP contribution in [0.1, 0.15) is 18.4 Å². The van der Waals surface area contributed by atoms with Crippen molar-refractivity contribution in [1.82, 2.24) is 15.5 Å². The SMILES string of the molecule is O=C(CNCC1CCN(CCO)CC1)NCc1cc(F)cc(F)c1. The molecule has 1 aliphatic heterocycles.